The van der Waals surface area contributed by atoms with E-state index in [1.54, 1.807) is 6.07 Å². The van der Waals surface area contributed by atoms with Crippen LogP contribution in [0, 0.1) is 17.2 Å². The number of rotatable bonds is 6. The average Bonchev–Trinajstić information content (AvgIpc) is 2.29. The summed E-state index contributed by atoms with van der Waals surface area (Å²) in [5.41, 5.74) is 6.07. The quantitative estimate of drug-likeness (QED) is 0.635. The van der Waals surface area contributed by atoms with Crippen LogP contribution in [0.3, 0.4) is 0 Å². The molecular formula is C15H24FNO2. The Kier molecular flexibility index (Phi) is 5.60. The first-order valence-corrected chi connectivity index (χ1v) is 6.56. The predicted molar refractivity (Wildman–Crippen MR) is 75.7 cm³/mol. The number of hydrogen-bond acceptors (Lipinski definition) is 3. The minimum Gasteiger partial charge on any atom is -0.488 e. The molecule has 0 saturated carbocycles. The largest absolute Gasteiger partial charge is 0.488 e. The number of nitrogen functional groups attached to an aromatic ring is 1. The summed E-state index contributed by atoms with van der Waals surface area (Å²) in [6.45, 7) is 10.2. The topological polar surface area (TPSA) is 44.5 Å². The van der Waals surface area contributed by atoms with Gasteiger partial charge >= 0.3 is 0 Å². The van der Waals surface area contributed by atoms with Crippen LogP contribution in [0.15, 0.2) is 18.2 Å². The van der Waals surface area contributed by atoms with E-state index in [1.807, 2.05) is 0 Å². The first-order chi connectivity index (χ1) is 8.80. The van der Waals surface area contributed by atoms with Crippen LogP contribution in [0.25, 0.3) is 0 Å². The van der Waals surface area contributed by atoms with Gasteiger partial charge in [-0.1, -0.05) is 27.7 Å². The van der Waals surface area contributed by atoms with Crippen molar-refractivity contribution in [2.24, 2.45) is 11.3 Å². The van der Waals surface area contributed by atoms with Crippen molar-refractivity contribution in [3.63, 3.8) is 0 Å². The van der Waals surface area contributed by atoms with Crippen LogP contribution in [0.1, 0.15) is 27.7 Å². The summed E-state index contributed by atoms with van der Waals surface area (Å²) in [7, 11) is 0. The number of hydrogen-bond donors (Lipinski definition) is 1. The molecule has 0 radical (unpaired) electrons. The first-order valence-electron chi connectivity index (χ1n) is 6.56. The zero-order valence-corrected chi connectivity index (χ0v) is 12.2. The molecule has 1 rings (SSSR count). The minimum atomic E-state index is -0.442. The molecule has 0 aromatic heterocycles. The molecule has 19 heavy (non-hydrogen) atoms. The highest BCUT2D eigenvalue weighted by Crippen LogP contribution is 2.25. The zero-order chi connectivity index (χ0) is 14.5. The Morgan fingerprint density at radius 2 is 1.95 bits per heavy atom. The van der Waals surface area contributed by atoms with E-state index < -0.39 is 5.82 Å². The van der Waals surface area contributed by atoms with Gasteiger partial charge in [-0.25, -0.2) is 4.39 Å². The smallest absolute Gasteiger partial charge is 0.167 e. The van der Waals surface area contributed by atoms with Gasteiger partial charge in [-0.05, 0) is 23.5 Å². The number of anilines is 1. The van der Waals surface area contributed by atoms with Crippen molar-refractivity contribution in [2.45, 2.75) is 27.7 Å². The standard InChI is InChI=1S/C15H24FNO2/c1-11(15(2,3)4)10-18-7-8-19-14-6-5-12(17)9-13(14)16/h5-6,9,11H,7-8,10,17H2,1-4H3. The van der Waals surface area contributed by atoms with Crippen molar-refractivity contribution in [1.82, 2.24) is 0 Å². The average molecular weight is 269 g/mol. The lowest BCUT2D eigenvalue weighted by Crippen LogP contribution is -2.23. The summed E-state index contributed by atoms with van der Waals surface area (Å²) >= 11 is 0. The van der Waals surface area contributed by atoms with Crippen molar-refractivity contribution in [3.8, 4) is 5.75 Å². The Bertz CT molecular complexity index is 402. The number of halogens is 1. The van der Waals surface area contributed by atoms with E-state index in [2.05, 4.69) is 27.7 Å². The van der Waals surface area contributed by atoms with E-state index >= 15 is 0 Å². The van der Waals surface area contributed by atoms with Crippen LogP contribution in [-0.2, 0) is 4.74 Å². The fourth-order valence-corrected chi connectivity index (χ4v) is 1.35. The minimum absolute atomic E-state index is 0.210. The van der Waals surface area contributed by atoms with Gasteiger partial charge in [0.2, 0.25) is 0 Å². The summed E-state index contributed by atoms with van der Waals surface area (Å²) in [6.07, 6.45) is 0. The highest BCUT2D eigenvalue weighted by Gasteiger charge is 2.19. The number of nitrogens with two attached hydrogens (primary N) is 1. The monoisotopic (exact) mass is 269 g/mol. The van der Waals surface area contributed by atoms with Crippen LogP contribution < -0.4 is 10.5 Å². The molecule has 0 amide bonds. The summed E-state index contributed by atoms with van der Waals surface area (Å²) in [5.74, 6) is 0.227. The molecule has 1 unspecified atom stereocenters. The molecule has 0 aliphatic rings. The Morgan fingerprint density at radius 1 is 1.26 bits per heavy atom. The maximum Gasteiger partial charge on any atom is 0.167 e. The van der Waals surface area contributed by atoms with Crippen LogP contribution in [0.5, 0.6) is 5.75 Å². The molecule has 0 fully saturated rings. The van der Waals surface area contributed by atoms with E-state index in [0.29, 0.717) is 31.4 Å². The van der Waals surface area contributed by atoms with Gasteiger partial charge < -0.3 is 15.2 Å². The normalized spacial score (nSPS) is 13.3. The second-order valence-electron chi connectivity index (χ2n) is 5.88. The fraction of sp³-hybridized carbons (Fsp3) is 0.600. The summed E-state index contributed by atoms with van der Waals surface area (Å²) in [4.78, 5) is 0. The molecule has 3 nitrogen and oxygen atoms in total. The molecule has 0 aliphatic heterocycles. The highest BCUT2D eigenvalue weighted by atomic mass is 19.1. The van der Waals surface area contributed by atoms with Crippen LogP contribution in [0.2, 0.25) is 0 Å². The molecule has 108 valence electrons. The van der Waals surface area contributed by atoms with Gasteiger partial charge in [-0.3, -0.25) is 0 Å². The molecule has 0 saturated heterocycles. The third kappa shape index (κ3) is 5.47. The Morgan fingerprint density at radius 3 is 2.53 bits per heavy atom. The van der Waals surface area contributed by atoms with E-state index in [1.165, 1.54) is 12.1 Å². The SMILES string of the molecule is CC(COCCOc1ccc(N)cc1F)C(C)(C)C. The van der Waals surface area contributed by atoms with Crippen molar-refractivity contribution in [2.75, 3.05) is 25.6 Å². The lowest BCUT2D eigenvalue weighted by molar-refractivity contribution is 0.0462. The lowest BCUT2D eigenvalue weighted by atomic mass is 9.83. The van der Waals surface area contributed by atoms with Crippen molar-refractivity contribution < 1.29 is 13.9 Å². The second-order valence-corrected chi connectivity index (χ2v) is 5.88. The van der Waals surface area contributed by atoms with Gasteiger partial charge in [0.1, 0.15) is 6.61 Å². The molecule has 1 atom stereocenters. The van der Waals surface area contributed by atoms with Crippen LogP contribution >= 0.6 is 0 Å². The maximum atomic E-state index is 13.4. The third-order valence-corrected chi connectivity index (χ3v) is 3.29. The van der Waals surface area contributed by atoms with E-state index in [9.17, 15) is 4.39 Å². The lowest BCUT2D eigenvalue weighted by Gasteiger charge is -2.26. The molecule has 0 spiro atoms. The van der Waals surface area contributed by atoms with Crippen LogP contribution in [-0.4, -0.2) is 19.8 Å². The van der Waals surface area contributed by atoms with Gasteiger partial charge in [0, 0.05) is 18.4 Å². The number of ether oxygens (including phenoxy) is 2. The first kappa shape index (κ1) is 15.8. The summed E-state index contributed by atoms with van der Waals surface area (Å²) < 4.78 is 24.2. The summed E-state index contributed by atoms with van der Waals surface area (Å²) in [5, 5.41) is 0. The Balaban J connectivity index is 2.24. The Labute approximate surface area is 114 Å². The van der Waals surface area contributed by atoms with Gasteiger partial charge in [-0.2, -0.15) is 0 Å². The molecule has 1 aromatic carbocycles. The third-order valence-electron chi connectivity index (χ3n) is 3.29. The van der Waals surface area contributed by atoms with E-state index in [-0.39, 0.29) is 11.2 Å². The van der Waals surface area contributed by atoms with E-state index in [0.717, 1.165) is 0 Å². The maximum absolute atomic E-state index is 13.4. The van der Waals surface area contributed by atoms with Crippen LogP contribution in [0.4, 0.5) is 10.1 Å². The van der Waals surface area contributed by atoms with Gasteiger partial charge in [0.15, 0.2) is 11.6 Å². The van der Waals surface area contributed by atoms with Crippen molar-refractivity contribution in [1.29, 1.82) is 0 Å². The summed E-state index contributed by atoms with van der Waals surface area (Å²) in [6, 6.07) is 4.39. The second kappa shape index (κ2) is 6.75. The van der Waals surface area contributed by atoms with Crippen molar-refractivity contribution >= 4 is 5.69 Å². The van der Waals surface area contributed by atoms with Gasteiger partial charge in [-0.15, -0.1) is 0 Å². The molecule has 1 aromatic rings. The van der Waals surface area contributed by atoms with E-state index in [4.69, 9.17) is 15.2 Å². The van der Waals surface area contributed by atoms with Gasteiger partial charge in [0.05, 0.1) is 6.61 Å². The van der Waals surface area contributed by atoms with Gasteiger partial charge in [0.25, 0.3) is 0 Å². The Hall–Kier alpha value is -1.29. The zero-order valence-electron chi connectivity index (χ0n) is 12.2. The fourth-order valence-electron chi connectivity index (χ4n) is 1.35. The van der Waals surface area contributed by atoms with Crippen molar-refractivity contribution in [3.05, 3.63) is 24.0 Å². The molecule has 0 heterocycles. The molecule has 0 aliphatic carbocycles. The molecule has 0 bridgehead atoms. The highest BCUT2D eigenvalue weighted by molar-refractivity contribution is 5.42. The molecule has 4 heteroatoms. The molecule has 2 N–H and O–H groups in total. The predicted octanol–water partition coefficient (Wildman–Crippen LogP) is 3.49. The number of benzene rings is 1. The molecular weight excluding hydrogens is 245 g/mol.